The topological polar surface area (TPSA) is 87.5 Å². The lowest BCUT2D eigenvalue weighted by molar-refractivity contribution is 0.0697. The predicted molar refractivity (Wildman–Crippen MR) is 90.8 cm³/mol. The molecule has 0 bridgehead atoms. The fourth-order valence-corrected chi connectivity index (χ4v) is 3.83. The zero-order valence-corrected chi connectivity index (χ0v) is 13.5. The molecule has 0 atom stereocenters. The maximum Gasteiger partial charge on any atom is 0.335 e. The van der Waals surface area contributed by atoms with Crippen LogP contribution in [0.5, 0.6) is 0 Å². The number of aromatic amines is 1. The Morgan fingerprint density at radius 3 is 2.75 bits per heavy atom. The summed E-state index contributed by atoms with van der Waals surface area (Å²) in [6.45, 7) is 1.84. The van der Waals surface area contributed by atoms with Crippen LogP contribution in [-0.2, 0) is 0 Å². The van der Waals surface area contributed by atoms with Crippen LogP contribution in [0.15, 0.2) is 23.0 Å². The number of carboxylic acids is 1. The normalized spacial score (nSPS) is 16.0. The zero-order chi connectivity index (χ0) is 16.8. The average molecular weight is 325 g/mol. The lowest BCUT2D eigenvalue weighted by Gasteiger charge is -2.21. The van der Waals surface area contributed by atoms with E-state index in [-0.39, 0.29) is 11.1 Å². The van der Waals surface area contributed by atoms with Crippen molar-refractivity contribution in [3.8, 4) is 0 Å². The molecule has 2 aromatic heterocycles. The molecule has 1 saturated carbocycles. The number of carbonyl (C=O) groups is 1. The predicted octanol–water partition coefficient (Wildman–Crippen LogP) is 3.23. The fourth-order valence-electron chi connectivity index (χ4n) is 3.83. The lowest BCUT2D eigenvalue weighted by Crippen LogP contribution is -2.14. The molecule has 6 nitrogen and oxygen atoms in total. The van der Waals surface area contributed by atoms with Crippen molar-refractivity contribution in [2.75, 3.05) is 0 Å². The first-order valence-corrected chi connectivity index (χ1v) is 8.34. The van der Waals surface area contributed by atoms with Crippen LogP contribution in [0.2, 0.25) is 0 Å². The largest absolute Gasteiger partial charge is 0.478 e. The number of imidazole rings is 1. The molecule has 1 fully saturated rings. The van der Waals surface area contributed by atoms with Crippen LogP contribution in [0.1, 0.15) is 59.9 Å². The number of nitrogens with zero attached hydrogens (tertiary/aromatic N) is 2. The second kappa shape index (κ2) is 5.47. The van der Waals surface area contributed by atoms with Crippen LogP contribution in [0.25, 0.3) is 16.6 Å². The molecule has 0 saturated heterocycles. The second-order valence-corrected chi connectivity index (χ2v) is 6.57. The molecule has 6 heteroatoms. The maximum atomic E-state index is 12.5. The number of aromatic carboxylic acids is 1. The molecule has 124 valence electrons. The first-order chi connectivity index (χ1) is 11.6. The van der Waals surface area contributed by atoms with Gasteiger partial charge in [0.15, 0.2) is 0 Å². The Balaban J connectivity index is 2.09. The summed E-state index contributed by atoms with van der Waals surface area (Å²) in [4.78, 5) is 31.4. The molecule has 1 aromatic carbocycles. The molecule has 4 rings (SSSR count). The smallest absolute Gasteiger partial charge is 0.335 e. The van der Waals surface area contributed by atoms with Crippen LogP contribution < -0.4 is 5.56 Å². The van der Waals surface area contributed by atoms with Gasteiger partial charge in [-0.15, -0.1) is 0 Å². The van der Waals surface area contributed by atoms with Crippen molar-refractivity contribution in [3.05, 3.63) is 45.6 Å². The summed E-state index contributed by atoms with van der Waals surface area (Å²) in [6, 6.07) is 4.78. The lowest BCUT2D eigenvalue weighted by atomic mass is 9.88. The van der Waals surface area contributed by atoms with E-state index < -0.39 is 5.97 Å². The van der Waals surface area contributed by atoms with Gasteiger partial charge in [0.05, 0.1) is 22.3 Å². The highest BCUT2D eigenvalue weighted by molar-refractivity contribution is 5.93. The van der Waals surface area contributed by atoms with Gasteiger partial charge in [-0.25, -0.2) is 9.78 Å². The monoisotopic (exact) mass is 325 g/mol. The van der Waals surface area contributed by atoms with Crippen molar-refractivity contribution < 1.29 is 9.90 Å². The van der Waals surface area contributed by atoms with E-state index in [9.17, 15) is 14.7 Å². The van der Waals surface area contributed by atoms with E-state index in [1.807, 2.05) is 11.3 Å². The number of aromatic nitrogens is 3. The number of hydrogen-bond donors (Lipinski definition) is 2. The van der Waals surface area contributed by atoms with Gasteiger partial charge < -0.3 is 10.1 Å². The number of rotatable bonds is 2. The van der Waals surface area contributed by atoms with Gasteiger partial charge in [0.1, 0.15) is 11.3 Å². The Kier molecular flexibility index (Phi) is 3.40. The molecule has 0 unspecified atom stereocenters. The van der Waals surface area contributed by atoms with E-state index in [0.717, 1.165) is 18.7 Å². The van der Waals surface area contributed by atoms with Gasteiger partial charge >= 0.3 is 5.97 Å². The molecule has 1 aliphatic rings. The molecule has 0 amide bonds. The van der Waals surface area contributed by atoms with E-state index in [0.29, 0.717) is 28.2 Å². The van der Waals surface area contributed by atoms with Crippen molar-refractivity contribution in [1.29, 1.82) is 0 Å². The number of fused-ring (bicyclic) bond motifs is 3. The van der Waals surface area contributed by atoms with Crippen molar-refractivity contribution in [2.24, 2.45) is 0 Å². The van der Waals surface area contributed by atoms with E-state index in [1.165, 1.54) is 25.3 Å². The van der Waals surface area contributed by atoms with E-state index in [2.05, 4.69) is 4.98 Å². The Hall–Kier alpha value is -2.63. The van der Waals surface area contributed by atoms with Crippen molar-refractivity contribution >= 4 is 22.5 Å². The highest BCUT2D eigenvalue weighted by Crippen LogP contribution is 2.33. The van der Waals surface area contributed by atoms with Gasteiger partial charge in [0, 0.05) is 5.92 Å². The maximum absolute atomic E-state index is 12.5. The Morgan fingerprint density at radius 1 is 1.29 bits per heavy atom. The number of carboxylic acid groups (broad SMARTS) is 1. The Labute approximate surface area is 138 Å². The van der Waals surface area contributed by atoms with Gasteiger partial charge in [-0.2, -0.15) is 0 Å². The fraction of sp³-hybridized carbons (Fsp3) is 0.389. The molecule has 1 aliphatic carbocycles. The standard InChI is InChI=1S/C18H19N3O3/c1-10-15-17(22)20-13-8-7-12(18(23)24)9-14(13)21(15)16(19-10)11-5-3-2-4-6-11/h7-9,11H,2-6H2,1H3,(H,20,22)(H,23,24). The quantitative estimate of drug-likeness (QED) is 0.757. The van der Waals surface area contributed by atoms with Crippen LogP contribution in [-0.4, -0.2) is 25.4 Å². The molecular weight excluding hydrogens is 306 g/mol. The van der Waals surface area contributed by atoms with Gasteiger partial charge in [-0.1, -0.05) is 19.3 Å². The minimum absolute atomic E-state index is 0.183. The first kappa shape index (κ1) is 14.9. The third kappa shape index (κ3) is 2.21. The summed E-state index contributed by atoms with van der Waals surface area (Å²) in [6.07, 6.45) is 5.69. The summed E-state index contributed by atoms with van der Waals surface area (Å²) in [7, 11) is 0. The number of aryl methyl sites for hydroxylation is 1. The SMILES string of the molecule is Cc1nc(C2CCCCC2)n2c1c(=O)[nH]c1ccc(C(=O)O)cc12. The molecular formula is C18H19N3O3. The van der Waals surface area contributed by atoms with Crippen LogP contribution in [0.3, 0.4) is 0 Å². The van der Waals surface area contributed by atoms with Crippen molar-refractivity contribution in [1.82, 2.24) is 14.4 Å². The summed E-state index contributed by atoms with van der Waals surface area (Å²) in [5, 5.41) is 9.30. The molecule has 2 N–H and O–H groups in total. The van der Waals surface area contributed by atoms with Gasteiger partial charge in [0.2, 0.25) is 0 Å². The third-order valence-electron chi connectivity index (χ3n) is 5.00. The van der Waals surface area contributed by atoms with E-state index in [1.54, 1.807) is 12.1 Å². The van der Waals surface area contributed by atoms with Crippen LogP contribution >= 0.6 is 0 Å². The van der Waals surface area contributed by atoms with Gasteiger partial charge in [0.25, 0.3) is 5.56 Å². The molecule has 0 aliphatic heterocycles. The van der Waals surface area contributed by atoms with Crippen molar-refractivity contribution in [2.45, 2.75) is 44.9 Å². The van der Waals surface area contributed by atoms with Crippen molar-refractivity contribution in [3.63, 3.8) is 0 Å². The molecule has 0 radical (unpaired) electrons. The number of benzene rings is 1. The summed E-state index contributed by atoms with van der Waals surface area (Å²) >= 11 is 0. The van der Waals surface area contributed by atoms with Gasteiger partial charge in [-0.05, 0) is 38.0 Å². The summed E-state index contributed by atoms with van der Waals surface area (Å²) in [5.74, 6) is 0.228. The molecule has 24 heavy (non-hydrogen) atoms. The number of hydrogen-bond acceptors (Lipinski definition) is 3. The average Bonchev–Trinajstić information content (AvgIpc) is 2.94. The minimum atomic E-state index is -0.979. The number of nitrogens with one attached hydrogen (secondary N) is 1. The third-order valence-corrected chi connectivity index (χ3v) is 5.00. The molecule has 3 aromatic rings. The van der Waals surface area contributed by atoms with Crippen LogP contribution in [0.4, 0.5) is 0 Å². The van der Waals surface area contributed by atoms with E-state index >= 15 is 0 Å². The second-order valence-electron chi connectivity index (χ2n) is 6.57. The zero-order valence-electron chi connectivity index (χ0n) is 13.5. The first-order valence-electron chi connectivity index (χ1n) is 8.34. The Bertz CT molecular complexity index is 1010. The minimum Gasteiger partial charge on any atom is -0.478 e. The highest BCUT2D eigenvalue weighted by atomic mass is 16.4. The van der Waals surface area contributed by atoms with Gasteiger partial charge in [-0.3, -0.25) is 9.20 Å². The summed E-state index contributed by atoms with van der Waals surface area (Å²) in [5.41, 5.74) is 2.57. The number of H-pyrrole nitrogens is 1. The van der Waals surface area contributed by atoms with E-state index in [4.69, 9.17) is 4.98 Å². The summed E-state index contributed by atoms with van der Waals surface area (Å²) < 4.78 is 1.88. The highest BCUT2D eigenvalue weighted by Gasteiger charge is 2.24. The van der Waals surface area contributed by atoms with Crippen LogP contribution in [0, 0.1) is 6.92 Å². The Morgan fingerprint density at radius 2 is 2.04 bits per heavy atom. The molecule has 2 heterocycles. The molecule has 0 spiro atoms.